The molecule has 0 spiro atoms. The Labute approximate surface area is 294 Å². The van der Waals surface area contributed by atoms with Crippen LogP contribution in [0.4, 0.5) is 0 Å². The lowest BCUT2D eigenvalue weighted by Crippen LogP contribution is -2.01. The highest BCUT2D eigenvalue weighted by molar-refractivity contribution is 6.37. The van der Waals surface area contributed by atoms with Crippen LogP contribution in [0.5, 0.6) is 0 Å². The molecule has 0 fully saturated rings. The third-order valence-corrected chi connectivity index (χ3v) is 10.3. The van der Waals surface area contributed by atoms with Crippen molar-refractivity contribution in [3.05, 3.63) is 170 Å². The summed E-state index contributed by atoms with van der Waals surface area (Å²) in [6.07, 6.45) is 0. The first-order valence-corrected chi connectivity index (χ1v) is 17.3. The monoisotopic (exact) mass is 648 g/mol. The van der Waals surface area contributed by atoms with Gasteiger partial charge in [-0.15, -0.1) is 0 Å². The molecule has 0 N–H and O–H groups in total. The highest BCUT2D eigenvalue weighted by Crippen LogP contribution is 2.52. The van der Waals surface area contributed by atoms with Crippen LogP contribution in [0.2, 0.25) is 0 Å². The van der Waals surface area contributed by atoms with Crippen LogP contribution >= 0.6 is 0 Å². The van der Waals surface area contributed by atoms with Gasteiger partial charge in [0.05, 0.1) is 11.0 Å². The lowest BCUT2D eigenvalue weighted by molar-refractivity contribution is 1.07. The van der Waals surface area contributed by atoms with Crippen molar-refractivity contribution in [3.63, 3.8) is 0 Å². The summed E-state index contributed by atoms with van der Waals surface area (Å²) in [6.45, 7) is 0. The molecule has 1 aliphatic carbocycles. The first-order chi connectivity index (χ1) is 25.3. The first-order valence-electron chi connectivity index (χ1n) is 17.3. The van der Waals surface area contributed by atoms with E-state index in [4.69, 9.17) is 15.0 Å². The predicted molar refractivity (Wildman–Crippen MR) is 210 cm³/mol. The van der Waals surface area contributed by atoms with Gasteiger partial charge in [0.25, 0.3) is 0 Å². The van der Waals surface area contributed by atoms with E-state index >= 15 is 0 Å². The van der Waals surface area contributed by atoms with Crippen LogP contribution in [0.15, 0.2) is 170 Å². The molecule has 0 radical (unpaired) electrons. The van der Waals surface area contributed by atoms with Crippen molar-refractivity contribution < 1.29 is 0 Å². The summed E-state index contributed by atoms with van der Waals surface area (Å²) < 4.78 is 2.46. The van der Waals surface area contributed by atoms with Gasteiger partial charge in [-0.05, 0) is 51.2 Å². The van der Waals surface area contributed by atoms with Crippen molar-refractivity contribution in [1.82, 2.24) is 19.5 Å². The molecule has 0 amide bonds. The smallest absolute Gasteiger partial charge is 0.164 e. The van der Waals surface area contributed by atoms with Crippen molar-refractivity contribution >= 4 is 43.4 Å². The molecule has 2 heterocycles. The highest BCUT2D eigenvalue weighted by atomic mass is 15.0. The molecule has 51 heavy (non-hydrogen) atoms. The average Bonchev–Trinajstić information content (AvgIpc) is 3.51. The van der Waals surface area contributed by atoms with Crippen molar-refractivity contribution in [2.24, 2.45) is 0 Å². The van der Waals surface area contributed by atoms with Crippen LogP contribution in [0.1, 0.15) is 0 Å². The van der Waals surface area contributed by atoms with Crippen LogP contribution in [-0.2, 0) is 0 Å². The van der Waals surface area contributed by atoms with Crippen LogP contribution in [0, 0.1) is 0 Å². The van der Waals surface area contributed by atoms with E-state index in [2.05, 4.69) is 114 Å². The summed E-state index contributed by atoms with van der Waals surface area (Å²) in [4.78, 5) is 15.1. The summed E-state index contributed by atoms with van der Waals surface area (Å²) in [5.74, 6) is 1.94. The lowest BCUT2D eigenvalue weighted by atomic mass is 9.91. The summed E-state index contributed by atoms with van der Waals surface area (Å²) in [5, 5.41) is 7.64. The van der Waals surface area contributed by atoms with Gasteiger partial charge in [0.2, 0.25) is 0 Å². The van der Waals surface area contributed by atoms with Crippen molar-refractivity contribution in [3.8, 4) is 62.1 Å². The number of nitrogens with zero attached hydrogens (tertiary/aromatic N) is 4. The van der Waals surface area contributed by atoms with Crippen molar-refractivity contribution in [2.45, 2.75) is 0 Å². The van der Waals surface area contributed by atoms with E-state index in [1.807, 2.05) is 60.7 Å². The van der Waals surface area contributed by atoms with Crippen LogP contribution < -0.4 is 0 Å². The molecule has 0 saturated heterocycles. The molecule has 8 aromatic carbocycles. The minimum atomic E-state index is 0.638. The summed E-state index contributed by atoms with van der Waals surface area (Å²) in [6, 6.07) is 60.2. The second kappa shape index (κ2) is 10.8. The molecule has 236 valence electrons. The first kappa shape index (κ1) is 28.0. The molecule has 0 bridgehead atoms. The average molecular weight is 649 g/mol. The van der Waals surface area contributed by atoms with Gasteiger partial charge in [-0.3, -0.25) is 0 Å². The van der Waals surface area contributed by atoms with E-state index in [1.165, 1.54) is 65.6 Å². The summed E-state index contributed by atoms with van der Waals surface area (Å²) in [7, 11) is 0. The number of aromatic nitrogens is 4. The Hall–Kier alpha value is -6.91. The number of fused-ring (bicyclic) bond motifs is 6. The Bertz CT molecular complexity index is 2960. The SMILES string of the molecule is c1ccc(-c2nc(-c3ccccc3)nc(-c3cccc(-n4c5cccc6c5c5c7c(cccc7c7ccccc7c54)-c4ccccc4-6)c3)n2)cc1. The Morgan fingerprint density at radius 2 is 0.824 bits per heavy atom. The third-order valence-electron chi connectivity index (χ3n) is 10.3. The zero-order chi connectivity index (χ0) is 33.5. The van der Waals surface area contributed by atoms with E-state index < -0.39 is 0 Å². The van der Waals surface area contributed by atoms with Crippen molar-refractivity contribution in [2.75, 3.05) is 0 Å². The minimum Gasteiger partial charge on any atom is -0.309 e. The van der Waals surface area contributed by atoms with E-state index in [1.54, 1.807) is 0 Å². The predicted octanol–water partition coefficient (Wildman–Crippen LogP) is 11.9. The Kier molecular flexibility index (Phi) is 5.92. The molecule has 0 aliphatic heterocycles. The number of hydrogen-bond acceptors (Lipinski definition) is 3. The van der Waals surface area contributed by atoms with Crippen molar-refractivity contribution in [1.29, 1.82) is 0 Å². The maximum atomic E-state index is 5.07. The molecule has 2 aromatic heterocycles. The molecular formula is C47H28N4. The Morgan fingerprint density at radius 3 is 1.51 bits per heavy atom. The fourth-order valence-electron chi connectivity index (χ4n) is 8.20. The van der Waals surface area contributed by atoms with E-state index in [0.717, 1.165) is 22.4 Å². The molecule has 0 unspecified atom stereocenters. The Balaban J connectivity index is 1.24. The van der Waals surface area contributed by atoms with Crippen LogP contribution in [-0.4, -0.2) is 19.5 Å². The van der Waals surface area contributed by atoms with Gasteiger partial charge in [-0.25, -0.2) is 15.0 Å². The van der Waals surface area contributed by atoms with Gasteiger partial charge in [0, 0.05) is 43.9 Å². The molecule has 4 heteroatoms. The second-order valence-electron chi connectivity index (χ2n) is 13.2. The molecular weight excluding hydrogens is 621 g/mol. The maximum absolute atomic E-state index is 5.07. The van der Waals surface area contributed by atoms with Gasteiger partial charge < -0.3 is 4.57 Å². The fraction of sp³-hybridized carbons (Fsp3) is 0. The normalized spacial score (nSPS) is 11.9. The number of hydrogen-bond donors (Lipinski definition) is 0. The third kappa shape index (κ3) is 4.11. The molecule has 0 atom stereocenters. The van der Waals surface area contributed by atoms with Crippen LogP contribution in [0.25, 0.3) is 105 Å². The van der Waals surface area contributed by atoms with Gasteiger partial charge in [-0.1, -0.05) is 152 Å². The topological polar surface area (TPSA) is 43.6 Å². The van der Waals surface area contributed by atoms with Gasteiger partial charge >= 0.3 is 0 Å². The van der Waals surface area contributed by atoms with E-state index in [-0.39, 0.29) is 0 Å². The van der Waals surface area contributed by atoms with Gasteiger partial charge in [0.15, 0.2) is 17.5 Å². The van der Waals surface area contributed by atoms with Crippen LogP contribution in [0.3, 0.4) is 0 Å². The fourth-order valence-corrected chi connectivity index (χ4v) is 8.20. The maximum Gasteiger partial charge on any atom is 0.164 e. The lowest BCUT2D eigenvalue weighted by Gasteiger charge is -2.16. The molecule has 0 saturated carbocycles. The summed E-state index contributed by atoms with van der Waals surface area (Å²) >= 11 is 0. The summed E-state index contributed by atoms with van der Waals surface area (Å²) in [5.41, 5.74) is 11.3. The van der Waals surface area contributed by atoms with Gasteiger partial charge in [-0.2, -0.15) is 0 Å². The Morgan fingerprint density at radius 1 is 0.333 bits per heavy atom. The van der Waals surface area contributed by atoms with Gasteiger partial charge in [0.1, 0.15) is 0 Å². The molecule has 1 aliphatic rings. The standard InChI is InChI=1S/C47H28N4/c1-3-14-29(15-4-1)45-48-46(30-16-5-2-6-17-30)50-47(49-45)31-18-11-19-32(28-31)51-40-27-13-26-38-34-21-8-7-20-33(34)36-24-12-25-37-35-22-9-10-23-39(35)44(51)43(41(36)37)42(38)40/h1-28H. The van der Waals surface area contributed by atoms with E-state index in [9.17, 15) is 0 Å². The largest absolute Gasteiger partial charge is 0.309 e. The second-order valence-corrected chi connectivity index (χ2v) is 13.2. The zero-order valence-corrected chi connectivity index (χ0v) is 27.5. The quantitative estimate of drug-likeness (QED) is 0.178. The highest BCUT2D eigenvalue weighted by Gasteiger charge is 2.26. The number of benzene rings is 8. The molecule has 10 aromatic rings. The molecule has 4 nitrogen and oxygen atoms in total. The number of rotatable bonds is 4. The minimum absolute atomic E-state index is 0.638. The zero-order valence-electron chi connectivity index (χ0n) is 27.5. The molecule has 11 rings (SSSR count). The van der Waals surface area contributed by atoms with E-state index in [0.29, 0.717) is 17.5 Å².